The van der Waals surface area contributed by atoms with Gasteiger partial charge >= 0.3 is 0 Å². The van der Waals surface area contributed by atoms with Gasteiger partial charge in [-0.1, -0.05) is 36.4 Å². The van der Waals surface area contributed by atoms with E-state index in [0.29, 0.717) is 10.5 Å². The van der Waals surface area contributed by atoms with E-state index in [-0.39, 0.29) is 17.4 Å². The molecule has 2 aromatic carbocycles. The van der Waals surface area contributed by atoms with Crippen LogP contribution in [0.3, 0.4) is 0 Å². The SMILES string of the molecule is O=C(CSc1ccccc1F)c1cncc2ccccc12. The van der Waals surface area contributed by atoms with E-state index in [1.54, 1.807) is 30.6 Å². The number of Topliss-reactive ketones (excluding diaryl/α,β-unsaturated/α-hetero) is 1. The molecular formula is C17H12FNOS. The summed E-state index contributed by atoms with van der Waals surface area (Å²) < 4.78 is 13.6. The van der Waals surface area contributed by atoms with Gasteiger partial charge in [-0.25, -0.2) is 4.39 Å². The van der Waals surface area contributed by atoms with Gasteiger partial charge in [0.1, 0.15) is 5.82 Å². The molecule has 0 fully saturated rings. The molecule has 0 radical (unpaired) electrons. The van der Waals surface area contributed by atoms with Crippen LogP contribution in [0.4, 0.5) is 4.39 Å². The summed E-state index contributed by atoms with van der Waals surface area (Å²) in [6.07, 6.45) is 3.31. The van der Waals surface area contributed by atoms with Crippen LogP contribution in [0.25, 0.3) is 10.8 Å². The van der Waals surface area contributed by atoms with Crippen molar-refractivity contribution in [2.45, 2.75) is 4.90 Å². The number of nitrogens with zero attached hydrogens (tertiary/aromatic N) is 1. The minimum atomic E-state index is -0.300. The molecule has 0 saturated heterocycles. The standard InChI is InChI=1S/C17H12FNOS/c18-15-7-3-4-8-17(15)21-11-16(20)14-10-19-9-12-5-1-2-6-13(12)14/h1-10H,11H2. The third-order valence-electron chi connectivity index (χ3n) is 3.16. The maximum absolute atomic E-state index is 13.6. The number of fused-ring (bicyclic) bond motifs is 1. The highest BCUT2D eigenvalue weighted by Gasteiger charge is 2.12. The van der Waals surface area contributed by atoms with Crippen LogP contribution in [-0.4, -0.2) is 16.5 Å². The fraction of sp³-hybridized carbons (Fsp3) is 0.0588. The number of carbonyl (C=O) groups excluding carboxylic acids is 1. The molecule has 0 aliphatic heterocycles. The molecule has 0 bridgehead atoms. The van der Waals surface area contributed by atoms with Crippen LogP contribution in [0.1, 0.15) is 10.4 Å². The Labute approximate surface area is 126 Å². The number of benzene rings is 2. The zero-order valence-electron chi connectivity index (χ0n) is 11.1. The minimum Gasteiger partial charge on any atom is -0.293 e. The van der Waals surface area contributed by atoms with Gasteiger partial charge in [-0.3, -0.25) is 9.78 Å². The van der Waals surface area contributed by atoms with E-state index in [1.807, 2.05) is 24.3 Å². The van der Waals surface area contributed by atoms with Crippen molar-refractivity contribution in [2.75, 3.05) is 5.75 Å². The first-order chi connectivity index (χ1) is 10.3. The Morgan fingerprint density at radius 2 is 1.81 bits per heavy atom. The van der Waals surface area contributed by atoms with E-state index in [4.69, 9.17) is 0 Å². The topological polar surface area (TPSA) is 30.0 Å². The fourth-order valence-corrected chi connectivity index (χ4v) is 2.94. The number of rotatable bonds is 4. The largest absolute Gasteiger partial charge is 0.293 e. The highest BCUT2D eigenvalue weighted by Crippen LogP contribution is 2.24. The second kappa shape index (κ2) is 6.06. The van der Waals surface area contributed by atoms with Crippen molar-refractivity contribution in [2.24, 2.45) is 0 Å². The second-order valence-corrected chi connectivity index (χ2v) is 5.57. The van der Waals surface area contributed by atoms with Crippen LogP contribution in [-0.2, 0) is 0 Å². The molecule has 0 N–H and O–H groups in total. The van der Waals surface area contributed by atoms with E-state index in [1.165, 1.54) is 17.8 Å². The molecule has 0 saturated carbocycles. The Balaban J connectivity index is 1.83. The van der Waals surface area contributed by atoms with Crippen molar-refractivity contribution in [3.8, 4) is 0 Å². The van der Waals surface area contributed by atoms with Crippen molar-refractivity contribution < 1.29 is 9.18 Å². The van der Waals surface area contributed by atoms with Crippen molar-refractivity contribution in [1.82, 2.24) is 4.98 Å². The number of hydrogen-bond acceptors (Lipinski definition) is 3. The Morgan fingerprint density at radius 1 is 1.05 bits per heavy atom. The predicted octanol–water partition coefficient (Wildman–Crippen LogP) is 4.35. The van der Waals surface area contributed by atoms with Gasteiger partial charge in [-0.05, 0) is 17.5 Å². The fourth-order valence-electron chi connectivity index (χ4n) is 2.12. The van der Waals surface area contributed by atoms with Crippen LogP contribution >= 0.6 is 11.8 Å². The molecule has 0 unspecified atom stereocenters. The lowest BCUT2D eigenvalue weighted by atomic mass is 10.1. The minimum absolute atomic E-state index is 0.0486. The van der Waals surface area contributed by atoms with Gasteiger partial charge in [0.2, 0.25) is 0 Å². The van der Waals surface area contributed by atoms with Crippen molar-refractivity contribution in [3.05, 3.63) is 72.3 Å². The van der Waals surface area contributed by atoms with Crippen molar-refractivity contribution >= 4 is 28.3 Å². The van der Waals surface area contributed by atoms with Crippen LogP contribution in [0.5, 0.6) is 0 Å². The summed E-state index contributed by atoms with van der Waals surface area (Å²) >= 11 is 1.21. The molecule has 3 aromatic rings. The highest BCUT2D eigenvalue weighted by atomic mass is 32.2. The van der Waals surface area contributed by atoms with E-state index >= 15 is 0 Å². The molecule has 1 aromatic heterocycles. The Bertz CT molecular complexity index is 798. The van der Waals surface area contributed by atoms with E-state index in [2.05, 4.69) is 4.98 Å². The highest BCUT2D eigenvalue weighted by molar-refractivity contribution is 8.00. The summed E-state index contributed by atoms with van der Waals surface area (Å²) in [5.41, 5.74) is 0.580. The zero-order chi connectivity index (χ0) is 14.7. The predicted molar refractivity (Wildman–Crippen MR) is 83.2 cm³/mol. The molecule has 1 heterocycles. The number of pyridine rings is 1. The third kappa shape index (κ3) is 2.95. The summed E-state index contributed by atoms with van der Waals surface area (Å²) in [7, 11) is 0. The average Bonchev–Trinajstić information content (AvgIpc) is 2.53. The summed E-state index contributed by atoms with van der Waals surface area (Å²) in [6.45, 7) is 0. The molecule has 0 spiro atoms. The van der Waals surface area contributed by atoms with E-state index in [9.17, 15) is 9.18 Å². The van der Waals surface area contributed by atoms with Gasteiger partial charge in [-0.2, -0.15) is 0 Å². The lowest BCUT2D eigenvalue weighted by Crippen LogP contribution is -2.04. The molecule has 4 heteroatoms. The molecule has 21 heavy (non-hydrogen) atoms. The summed E-state index contributed by atoms with van der Waals surface area (Å²) in [4.78, 5) is 16.9. The molecule has 0 amide bonds. The number of aromatic nitrogens is 1. The number of thioether (sulfide) groups is 1. The smallest absolute Gasteiger partial charge is 0.175 e. The normalized spacial score (nSPS) is 10.7. The summed E-state index contributed by atoms with van der Waals surface area (Å²) in [5.74, 6) is -0.157. The third-order valence-corrected chi connectivity index (χ3v) is 4.21. The lowest BCUT2D eigenvalue weighted by molar-refractivity contribution is 0.102. The number of halogens is 1. The quantitative estimate of drug-likeness (QED) is 0.530. The van der Waals surface area contributed by atoms with Gasteiger partial charge in [-0.15, -0.1) is 11.8 Å². The van der Waals surface area contributed by atoms with Crippen molar-refractivity contribution in [1.29, 1.82) is 0 Å². The second-order valence-electron chi connectivity index (χ2n) is 4.55. The van der Waals surface area contributed by atoms with Crippen LogP contribution in [0, 0.1) is 5.82 Å². The maximum Gasteiger partial charge on any atom is 0.175 e. The number of carbonyl (C=O) groups is 1. The molecule has 104 valence electrons. The first-order valence-electron chi connectivity index (χ1n) is 6.49. The van der Waals surface area contributed by atoms with Crippen LogP contribution in [0.15, 0.2) is 65.8 Å². The molecule has 0 aliphatic carbocycles. The van der Waals surface area contributed by atoms with E-state index < -0.39 is 0 Å². The van der Waals surface area contributed by atoms with Crippen LogP contribution in [0.2, 0.25) is 0 Å². The van der Waals surface area contributed by atoms with E-state index in [0.717, 1.165) is 10.8 Å². The molecule has 0 atom stereocenters. The molecule has 3 rings (SSSR count). The number of hydrogen-bond donors (Lipinski definition) is 0. The Morgan fingerprint density at radius 3 is 2.67 bits per heavy atom. The van der Waals surface area contributed by atoms with Crippen molar-refractivity contribution in [3.63, 3.8) is 0 Å². The Kier molecular flexibility index (Phi) is 3.97. The molecule has 0 aliphatic rings. The van der Waals surface area contributed by atoms with Crippen LogP contribution < -0.4 is 0 Å². The van der Waals surface area contributed by atoms with Gasteiger partial charge < -0.3 is 0 Å². The first kappa shape index (κ1) is 13.8. The summed E-state index contributed by atoms with van der Waals surface area (Å²) in [5, 5.41) is 1.81. The summed E-state index contributed by atoms with van der Waals surface area (Å²) in [6, 6.07) is 14.1. The maximum atomic E-state index is 13.6. The average molecular weight is 297 g/mol. The van der Waals surface area contributed by atoms with Gasteiger partial charge in [0.25, 0.3) is 0 Å². The molecule has 2 nitrogen and oxygen atoms in total. The number of ketones is 1. The van der Waals surface area contributed by atoms with Gasteiger partial charge in [0.15, 0.2) is 5.78 Å². The Hall–Kier alpha value is -2.20. The first-order valence-corrected chi connectivity index (χ1v) is 7.47. The molecular weight excluding hydrogens is 285 g/mol. The monoisotopic (exact) mass is 297 g/mol. The lowest BCUT2D eigenvalue weighted by Gasteiger charge is -2.05. The van der Waals surface area contributed by atoms with Gasteiger partial charge in [0.05, 0.1) is 5.75 Å². The zero-order valence-corrected chi connectivity index (χ0v) is 11.9. The van der Waals surface area contributed by atoms with Gasteiger partial charge in [0, 0.05) is 28.2 Å².